The maximum atomic E-state index is 14.4. The number of aromatic amines is 1. The summed E-state index contributed by atoms with van der Waals surface area (Å²) in [7, 11) is -4.21. The largest absolute Gasteiger partial charge is 0.471 e. The molecule has 3 N–H and O–H groups in total. The van der Waals surface area contributed by atoms with Crippen molar-refractivity contribution >= 4 is 38.3 Å². The summed E-state index contributed by atoms with van der Waals surface area (Å²) in [5.74, 6) is -0.433. The van der Waals surface area contributed by atoms with Crippen molar-refractivity contribution in [2.24, 2.45) is 0 Å². The van der Waals surface area contributed by atoms with E-state index in [1.54, 1.807) is 19.1 Å². The molecular weight excluding hydrogens is 514 g/mol. The van der Waals surface area contributed by atoms with Crippen molar-refractivity contribution in [2.75, 3.05) is 17.8 Å². The summed E-state index contributed by atoms with van der Waals surface area (Å²) in [6, 6.07) is 9.46. The van der Waals surface area contributed by atoms with E-state index in [1.807, 2.05) is 0 Å². The number of nitrogens with one attached hydrogen (secondary N) is 3. The van der Waals surface area contributed by atoms with Crippen LogP contribution in [0.2, 0.25) is 5.02 Å². The van der Waals surface area contributed by atoms with Gasteiger partial charge >= 0.3 is 0 Å². The van der Waals surface area contributed by atoms with E-state index in [2.05, 4.69) is 30.2 Å². The molecular formula is C23H21ClF2N6O3S. The molecule has 13 heteroatoms. The van der Waals surface area contributed by atoms with Crippen LogP contribution in [-0.4, -0.2) is 53.9 Å². The Bertz CT molecular complexity index is 1530. The Morgan fingerprint density at radius 3 is 2.69 bits per heavy atom. The number of nitrogens with zero attached hydrogens (tertiary/aromatic N) is 3. The maximum absolute atomic E-state index is 14.4. The van der Waals surface area contributed by atoms with Gasteiger partial charge in [-0.1, -0.05) is 11.6 Å². The van der Waals surface area contributed by atoms with Crippen molar-refractivity contribution in [1.29, 1.82) is 0 Å². The minimum Gasteiger partial charge on any atom is -0.471 e. The molecule has 0 aliphatic carbocycles. The molecule has 0 radical (unpaired) electrons. The van der Waals surface area contributed by atoms with Crippen LogP contribution in [0.3, 0.4) is 0 Å². The molecule has 0 saturated carbocycles. The molecule has 2 atom stereocenters. The van der Waals surface area contributed by atoms with Crippen molar-refractivity contribution < 1.29 is 21.9 Å². The Morgan fingerprint density at radius 1 is 1.17 bits per heavy atom. The van der Waals surface area contributed by atoms with Crippen molar-refractivity contribution in [2.45, 2.75) is 30.5 Å². The predicted molar refractivity (Wildman–Crippen MR) is 131 cm³/mol. The fourth-order valence-corrected chi connectivity index (χ4v) is 5.30. The molecule has 1 aliphatic rings. The zero-order valence-electron chi connectivity index (χ0n) is 18.9. The number of piperidine rings is 1. The normalized spacial score (nSPS) is 18.3. The first-order valence-corrected chi connectivity index (χ1v) is 12.9. The van der Waals surface area contributed by atoms with E-state index < -0.39 is 33.0 Å². The van der Waals surface area contributed by atoms with Gasteiger partial charge in [0.1, 0.15) is 28.4 Å². The van der Waals surface area contributed by atoms with E-state index >= 15 is 0 Å². The minimum atomic E-state index is -4.21. The average molecular weight is 535 g/mol. The molecule has 2 aromatic carbocycles. The van der Waals surface area contributed by atoms with Crippen molar-refractivity contribution in [3.63, 3.8) is 0 Å². The maximum Gasteiger partial charge on any atom is 0.264 e. The fourth-order valence-electron chi connectivity index (χ4n) is 3.90. The molecule has 0 amide bonds. The highest BCUT2D eigenvalue weighted by Crippen LogP contribution is 2.31. The zero-order valence-corrected chi connectivity index (χ0v) is 20.5. The van der Waals surface area contributed by atoms with Crippen molar-refractivity contribution in [3.05, 3.63) is 59.0 Å². The van der Waals surface area contributed by atoms with Crippen LogP contribution >= 0.6 is 11.6 Å². The Kier molecular flexibility index (Phi) is 6.49. The second-order valence-corrected chi connectivity index (χ2v) is 10.4. The van der Waals surface area contributed by atoms with Gasteiger partial charge in [-0.2, -0.15) is 10.1 Å². The molecule has 0 bridgehead atoms. The van der Waals surface area contributed by atoms with E-state index in [0.29, 0.717) is 35.3 Å². The zero-order chi connectivity index (χ0) is 25.4. The summed E-state index contributed by atoms with van der Waals surface area (Å²) in [5, 5.41) is 10.7. The quantitative estimate of drug-likeness (QED) is 0.342. The number of fused-ring (bicyclic) bond motifs is 1. The van der Waals surface area contributed by atoms with Crippen molar-refractivity contribution in [1.82, 2.24) is 25.5 Å². The molecule has 2 aromatic heterocycles. The van der Waals surface area contributed by atoms with Gasteiger partial charge in [-0.05, 0) is 62.4 Å². The average Bonchev–Trinajstić information content (AvgIpc) is 3.23. The minimum absolute atomic E-state index is 0.0925. The Morgan fingerprint density at radius 2 is 1.94 bits per heavy atom. The van der Waals surface area contributed by atoms with Crippen LogP contribution in [0.25, 0.3) is 22.4 Å². The number of anilines is 1. The molecule has 188 valence electrons. The van der Waals surface area contributed by atoms with Gasteiger partial charge in [-0.15, -0.1) is 0 Å². The first-order chi connectivity index (χ1) is 17.2. The molecule has 1 fully saturated rings. The SMILES string of the molecule is Cc1[nH]nc2nc(-c3ccc(NS(=O)(=O)c4cc(Cl)ccc4F)cc3)nc(O[C@H]3CCNC[C@@H]3F)c12. The molecule has 0 unspecified atom stereocenters. The lowest BCUT2D eigenvalue weighted by Gasteiger charge is -2.27. The number of rotatable bonds is 6. The number of ether oxygens (including phenoxy) is 1. The Labute approximate surface area is 210 Å². The first-order valence-electron chi connectivity index (χ1n) is 11.0. The van der Waals surface area contributed by atoms with Crippen LogP contribution in [0.4, 0.5) is 14.5 Å². The summed E-state index contributed by atoms with van der Waals surface area (Å²) < 4.78 is 62.1. The number of hydrogen-bond donors (Lipinski definition) is 3. The van der Waals surface area contributed by atoms with Crippen LogP contribution in [0, 0.1) is 12.7 Å². The van der Waals surface area contributed by atoms with Gasteiger partial charge in [0.15, 0.2) is 11.5 Å². The van der Waals surface area contributed by atoms with Gasteiger partial charge in [0.05, 0.1) is 0 Å². The van der Waals surface area contributed by atoms with Gasteiger partial charge < -0.3 is 10.1 Å². The molecule has 9 nitrogen and oxygen atoms in total. The number of aryl methyl sites for hydroxylation is 1. The number of sulfonamides is 1. The van der Waals surface area contributed by atoms with E-state index in [9.17, 15) is 17.2 Å². The number of aromatic nitrogens is 4. The van der Waals surface area contributed by atoms with E-state index in [4.69, 9.17) is 16.3 Å². The monoisotopic (exact) mass is 534 g/mol. The van der Waals surface area contributed by atoms with Gasteiger partial charge in [-0.25, -0.2) is 22.2 Å². The second kappa shape index (κ2) is 9.60. The smallest absolute Gasteiger partial charge is 0.264 e. The van der Waals surface area contributed by atoms with Crippen LogP contribution in [0.15, 0.2) is 47.4 Å². The molecule has 1 aliphatic heterocycles. The third kappa shape index (κ3) is 4.84. The Hall–Kier alpha value is -3.35. The highest BCUT2D eigenvalue weighted by Gasteiger charge is 2.28. The number of alkyl halides is 1. The topological polar surface area (TPSA) is 122 Å². The molecule has 3 heterocycles. The summed E-state index contributed by atoms with van der Waals surface area (Å²) in [4.78, 5) is 8.43. The number of H-pyrrole nitrogens is 1. The van der Waals surface area contributed by atoms with Crippen LogP contribution in [0.5, 0.6) is 5.88 Å². The third-order valence-electron chi connectivity index (χ3n) is 5.75. The standard InChI is InChI=1S/C23H21ClF2N6O3S/c1-12-20-22(31-30-12)28-21(29-23(20)35-18-8-9-27-11-17(18)26)13-2-5-15(6-3-13)32-36(33,34)19-10-14(24)4-7-16(19)25/h2-7,10,17-18,27,32H,8-9,11H2,1H3,(H,28,29,30,31)/t17-,18-/m0/s1. The second-order valence-electron chi connectivity index (χ2n) is 8.32. The molecule has 1 saturated heterocycles. The first kappa shape index (κ1) is 24.3. The number of hydrogen-bond acceptors (Lipinski definition) is 7. The number of halogens is 3. The van der Waals surface area contributed by atoms with Crippen LogP contribution < -0.4 is 14.8 Å². The lowest BCUT2D eigenvalue weighted by atomic mass is 10.1. The summed E-state index contributed by atoms with van der Waals surface area (Å²) in [6.45, 7) is 2.63. The predicted octanol–water partition coefficient (Wildman–Crippen LogP) is 4.00. The highest BCUT2D eigenvalue weighted by atomic mass is 35.5. The number of benzene rings is 2. The summed E-state index contributed by atoms with van der Waals surface area (Å²) in [5.41, 5.74) is 1.79. The van der Waals surface area contributed by atoms with Gasteiger partial charge in [0, 0.05) is 28.5 Å². The fraction of sp³-hybridized carbons (Fsp3) is 0.261. The van der Waals surface area contributed by atoms with Crippen molar-refractivity contribution in [3.8, 4) is 17.3 Å². The summed E-state index contributed by atoms with van der Waals surface area (Å²) >= 11 is 5.83. The lowest BCUT2D eigenvalue weighted by Crippen LogP contribution is -2.44. The lowest BCUT2D eigenvalue weighted by molar-refractivity contribution is 0.0707. The molecule has 36 heavy (non-hydrogen) atoms. The van der Waals surface area contributed by atoms with Crippen LogP contribution in [0.1, 0.15) is 12.1 Å². The summed E-state index contributed by atoms with van der Waals surface area (Å²) in [6.07, 6.45) is -1.35. The van der Waals surface area contributed by atoms with Crippen LogP contribution in [-0.2, 0) is 10.0 Å². The van der Waals surface area contributed by atoms with Gasteiger partial charge in [-0.3, -0.25) is 9.82 Å². The van der Waals surface area contributed by atoms with E-state index in [0.717, 1.165) is 12.1 Å². The highest BCUT2D eigenvalue weighted by molar-refractivity contribution is 7.92. The Balaban J connectivity index is 1.44. The molecule has 0 spiro atoms. The molecule has 4 aromatic rings. The third-order valence-corrected chi connectivity index (χ3v) is 7.38. The van der Waals surface area contributed by atoms with Gasteiger partial charge in [0.2, 0.25) is 5.88 Å². The van der Waals surface area contributed by atoms with Gasteiger partial charge in [0.25, 0.3) is 10.0 Å². The van der Waals surface area contributed by atoms with E-state index in [-0.39, 0.29) is 29.0 Å². The van der Waals surface area contributed by atoms with E-state index in [1.165, 1.54) is 18.2 Å². The molecule has 5 rings (SSSR count).